The molecule has 0 saturated carbocycles. The van der Waals surface area contributed by atoms with Gasteiger partial charge in [0.25, 0.3) is 5.91 Å². The Kier molecular flexibility index (Phi) is 6.31. The van der Waals surface area contributed by atoms with E-state index < -0.39 is 0 Å². The fraction of sp³-hybridized carbons (Fsp3) is 0.269. The molecule has 0 fully saturated rings. The molecule has 7 heteroatoms. The van der Waals surface area contributed by atoms with E-state index in [-0.39, 0.29) is 11.9 Å². The Labute approximate surface area is 193 Å². The van der Waals surface area contributed by atoms with Crippen molar-refractivity contribution < 1.29 is 9.53 Å². The van der Waals surface area contributed by atoms with Gasteiger partial charge in [-0.1, -0.05) is 30.3 Å². The number of aromatic nitrogens is 3. The van der Waals surface area contributed by atoms with E-state index in [1.807, 2.05) is 75.4 Å². The minimum Gasteiger partial charge on any atom is -0.496 e. The van der Waals surface area contributed by atoms with Crippen LogP contribution in [0.3, 0.4) is 0 Å². The number of para-hydroxylation sites is 2. The van der Waals surface area contributed by atoms with E-state index in [1.54, 1.807) is 13.2 Å². The van der Waals surface area contributed by atoms with E-state index in [1.165, 1.54) is 0 Å². The van der Waals surface area contributed by atoms with Crippen LogP contribution in [0.5, 0.6) is 5.75 Å². The lowest BCUT2D eigenvalue weighted by molar-refractivity contribution is 0.0932. The largest absolute Gasteiger partial charge is 0.496 e. The molecule has 0 aliphatic rings. The van der Waals surface area contributed by atoms with E-state index in [9.17, 15) is 4.79 Å². The van der Waals surface area contributed by atoms with Gasteiger partial charge in [-0.05, 0) is 37.1 Å². The maximum Gasteiger partial charge on any atom is 0.255 e. The molecule has 1 atom stereocenters. The zero-order valence-electron chi connectivity index (χ0n) is 19.6. The Bertz CT molecular complexity index is 1300. The number of benzene rings is 2. The molecule has 4 aromatic rings. The van der Waals surface area contributed by atoms with Crippen molar-refractivity contribution in [3.8, 4) is 5.75 Å². The standard InChI is InChI=1S/C26H29N5O2/c1-16-9-8-11-20(25(16)33-5)26(32)30-22(23-14-24(31(3)4)29-17(2)28-23)13-18-15-27-21-12-7-6-10-19(18)21/h6-12,14-15,22,27H,13H2,1-5H3,(H,30,32)/t22-/m1/s1. The summed E-state index contributed by atoms with van der Waals surface area (Å²) in [6.07, 6.45) is 2.57. The molecular weight excluding hydrogens is 414 g/mol. The summed E-state index contributed by atoms with van der Waals surface area (Å²) in [5, 5.41) is 4.33. The molecule has 170 valence electrons. The van der Waals surface area contributed by atoms with E-state index >= 15 is 0 Å². The Morgan fingerprint density at radius 1 is 1.12 bits per heavy atom. The molecule has 2 N–H and O–H groups in total. The third-order valence-electron chi connectivity index (χ3n) is 5.72. The van der Waals surface area contributed by atoms with Crippen LogP contribution in [0.1, 0.15) is 39.0 Å². The minimum atomic E-state index is -0.359. The summed E-state index contributed by atoms with van der Waals surface area (Å²) in [6, 6.07) is 15.3. The molecule has 7 nitrogen and oxygen atoms in total. The molecule has 2 aromatic heterocycles. The maximum atomic E-state index is 13.4. The molecule has 33 heavy (non-hydrogen) atoms. The highest BCUT2D eigenvalue weighted by molar-refractivity contribution is 5.97. The molecule has 0 radical (unpaired) electrons. The van der Waals surface area contributed by atoms with Crippen LogP contribution in [0.25, 0.3) is 10.9 Å². The van der Waals surface area contributed by atoms with Crippen LogP contribution in [0, 0.1) is 13.8 Å². The van der Waals surface area contributed by atoms with Crippen molar-refractivity contribution in [2.24, 2.45) is 0 Å². The number of hydrogen-bond acceptors (Lipinski definition) is 5. The lowest BCUT2D eigenvalue weighted by Gasteiger charge is -2.21. The molecule has 0 spiro atoms. The van der Waals surface area contributed by atoms with Crippen molar-refractivity contribution in [2.75, 3.05) is 26.1 Å². The van der Waals surface area contributed by atoms with Crippen LogP contribution in [-0.4, -0.2) is 42.1 Å². The number of amides is 1. The van der Waals surface area contributed by atoms with Gasteiger partial charge in [-0.2, -0.15) is 0 Å². The number of aryl methyl sites for hydroxylation is 2. The summed E-state index contributed by atoms with van der Waals surface area (Å²) < 4.78 is 5.52. The van der Waals surface area contributed by atoms with Crippen molar-refractivity contribution in [2.45, 2.75) is 26.3 Å². The number of rotatable bonds is 7. The first kappa shape index (κ1) is 22.3. The maximum absolute atomic E-state index is 13.4. The highest BCUT2D eigenvalue weighted by Crippen LogP contribution is 2.28. The van der Waals surface area contributed by atoms with Crippen molar-refractivity contribution in [3.63, 3.8) is 0 Å². The van der Waals surface area contributed by atoms with Gasteiger partial charge in [0, 0.05) is 43.7 Å². The quantitative estimate of drug-likeness (QED) is 0.443. The van der Waals surface area contributed by atoms with E-state index in [4.69, 9.17) is 9.72 Å². The number of aromatic amines is 1. The average molecular weight is 444 g/mol. The number of nitrogens with zero attached hydrogens (tertiary/aromatic N) is 3. The molecule has 1 amide bonds. The monoisotopic (exact) mass is 443 g/mol. The van der Waals surface area contributed by atoms with Gasteiger partial charge in [0.1, 0.15) is 17.4 Å². The number of hydrogen-bond donors (Lipinski definition) is 2. The normalized spacial score (nSPS) is 11.9. The SMILES string of the molecule is COc1c(C)cccc1C(=O)N[C@H](Cc1c[nH]c2ccccc12)c1cc(N(C)C)nc(C)n1. The van der Waals surface area contributed by atoms with Crippen LogP contribution < -0.4 is 15.0 Å². The number of carbonyl (C=O) groups excluding carboxylic acids is 1. The van der Waals surface area contributed by atoms with Gasteiger partial charge in [-0.25, -0.2) is 9.97 Å². The first-order valence-electron chi connectivity index (χ1n) is 10.9. The van der Waals surface area contributed by atoms with Crippen LogP contribution in [0.2, 0.25) is 0 Å². The summed E-state index contributed by atoms with van der Waals surface area (Å²) in [6.45, 7) is 3.79. The van der Waals surface area contributed by atoms with Gasteiger partial charge in [0.2, 0.25) is 0 Å². The Morgan fingerprint density at radius 2 is 1.91 bits per heavy atom. The van der Waals surface area contributed by atoms with Crippen LogP contribution in [-0.2, 0) is 6.42 Å². The summed E-state index contributed by atoms with van der Waals surface area (Å²) in [7, 11) is 5.46. The van der Waals surface area contributed by atoms with Crippen molar-refractivity contribution >= 4 is 22.6 Å². The number of ether oxygens (including phenoxy) is 1. The molecule has 4 rings (SSSR count). The van der Waals surface area contributed by atoms with E-state index in [0.717, 1.165) is 33.5 Å². The smallest absolute Gasteiger partial charge is 0.255 e. The van der Waals surface area contributed by atoms with Crippen molar-refractivity contribution in [1.82, 2.24) is 20.3 Å². The number of methoxy groups -OCH3 is 1. The molecular formula is C26H29N5O2. The average Bonchev–Trinajstić information content (AvgIpc) is 3.20. The fourth-order valence-electron chi connectivity index (χ4n) is 4.07. The van der Waals surface area contributed by atoms with Gasteiger partial charge in [0.15, 0.2) is 0 Å². The van der Waals surface area contributed by atoms with Gasteiger partial charge in [-0.15, -0.1) is 0 Å². The molecule has 0 unspecified atom stereocenters. The Morgan fingerprint density at radius 3 is 2.67 bits per heavy atom. The van der Waals surface area contributed by atoms with Crippen molar-refractivity contribution in [1.29, 1.82) is 0 Å². The molecule has 2 aromatic carbocycles. The highest BCUT2D eigenvalue weighted by Gasteiger charge is 2.23. The first-order valence-corrected chi connectivity index (χ1v) is 10.9. The van der Waals surface area contributed by atoms with E-state index in [2.05, 4.69) is 21.4 Å². The third-order valence-corrected chi connectivity index (χ3v) is 5.72. The minimum absolute atomic E-state index is 0.206. The molecule has 0 saturated heterocycles. The fourth-order valence-corrected chi connectivity index (χ4v) is 4.07. The molecule has 0 aliphatic carbocycles. The number of fused-ring (bicyclic) bond motifs is 1. The van der Waals surface area contributed by atoms with Gasteiger partial charge in [0.05, 0.1) is 24.4 Å². The van der Waals surface area contributed by atoms with Crippen LogP contribution in [0.15, 0.2) is 54.7 Å². The first-order chi connectivity index (χ1) is 15.9. The number of anilines is 1. The lowest BCUT2D eigenvalue weighted by Crippen LogP contribution is -2.31. The summed E-state index contributed by atoms with van der Waals surface area (Å²) >= 11 is 0. The van der Waals surface area contributed by atoms with Gasteiger partial charge < -0.3 is 19.9 Å². The second-order valence-electron chi connectivity index (χ2n) is 8.34. The second-order valence-corrected chi connectivity index (χ2v) is 8.34. The Hall–Kier alpha value is -3.87. The number of carbonyl (C=O) groups is 1. The zero-order chi connectivity index (χ0) is 23.5. The Balaban J connectivity index is 1.75. The molecule has 0 aliphatic heterocycles. The predicted octanol–water partition coefficient (Wildman–Crippen LogP) is 4.36. The summed E-state index contributed by atoms with van der Waals surface area (Å²) in [5.74, 6) is 1.82. The highest BCUT2D eigenvalue weighted by atomic mass is 16.5. The van der Waals surface area contributed by atoms with Crippen molar-refractivity contribution in [3.05, 3.63) is 82.9 Å². The summed E-state index contributed by atoms with van der Waals surface area (Å²) in [5.41, 5.74) is 4.34. The predicted molar refractivity (Wildman–Crippen MR) is 131 cm³/mol. The second kappa shape index (κ2) is 9.32. The third kappa shape index (κ3) is 4.67. The summed E-state index contributed by atoms with van der Waals surface area (Å²) in [4.78, 5) is 27.9. The van der Waals surface area contributed by atoms with Gasteiger partial charge >= 0.3 is 0 Å². The number of H-pyrrole nitrogens is 1. The topological polar surface area (TPSA) is 83.1 Å². The van der Waals surface area contributed by atoms with Crippen LogP contribution >= 0.6 is 0 Å². The number of nitrogens with one attached hydrogen (secondary N) is 2. The lowest BCUT2D eigenvalue weighted by atomic mass is 10.0. The molecule has 0 bridgehead atoms. The van der Waals surface area contributed by atoms with Crippen LogP contribution in [0.4, 0.5) is 5.82 Å². The van der Waals surface area contributed by atoms with Gasteiger partial charge in [-0.3, -0.25) is 4.79 Å². The molecule has 2 heterocycles. The van der Waals surface area contributed by atoms with E-state index in [0.29, 0.717) is 23.6 Å². The zero-order valence-corrected chi connectivity index (χ0v) is 19.6.